The van der Waals surface area contributed by atoms with Crippen molar-refractivity contribution < 1.29 is 9.53 Å². The predicted octanol–water partition coefficient (Wildman–Crippen LogP) is 1.57. The van der Waals surface area contributed by atoms with E-state index in [1.54, 1.807) is 0 Å². The molecule has 0 spiro atoms. The number of aromatic nitrogens is 2. The van der Waals surface area contributed by atoms with Crippen LogP contribution >= 0.6 is 0 Å². The average molecular weight is 379 g/mol. The van der Waals surface area contributed by atoms with Gasteiger partial charge in [0.25, 0.3) is 5.56 Å². The number of hydrogen-bond donors (Lipinski definition) is 2. The Morgan fingerprint density at radius 3 is 2.43 bits per heavy atom. The third-order valence-electron chi connectivity index (χ3n) is 4.07. The molecule has 0 aliphatic rings. The zero-order valence-electron chi connectivity index (χ0n) is 15.3. The third kappa shape index (κ3) is 5.78. The molecule has 144 valence electrons. The monoisotopic (exact) mass is 379 g/mol. The standard InChI is InChI=1S/C21H21N3O4/c25-19-9-10-24(21(27)23-19)13-20(26)22-12-17-7-4-8-18(11-17)15-28-14-16-5-2-1-3-6-16/h1-11H,12-15H2,(H,22,26)(H,23,25,27). The van der Waals surface area contributed by atoms with E-state index in [4.69, 9.17) is 4.74 Å². The van der Waals surface area contributed by atoms with Gasteiger partial charge in [-0.05, 0) is 16.7 Å². The fourth-order valence-electron chi connectivity index (χ4n) is 2.67. The lowest BCUT2D eigenvalue weighted by molar-refractivity contribution is -0.121. The molecule has 0 radical (unpaired) electrons. The van der Waals surface area contributed by atoms with Crippen LogP contribution in [-0.2, 0) is 35.8 Å². The summed E-state index contributed by atoms with van der Waals surface area (Å²) in [5.74, 6) is -0.320. The van der Waals surface area contributed by atoms with Crippen LogP contribution < -0.4 is 16.6 Å². The van der Waals surface area contributed by atoms with E-state index in [9.17, 15) is 14.4 Å². The molecule has 7 heteroatoms. The maximum absolute atomic E-state index is 12.0. The molecule has 0 aliphatic carbocycles. The molecule has 0 saturated carbocycles. The van der Waals surface area contributed by atoms with Crippen molar-refractivity contribution in [2.45, 2.75) is 26.3 Å². The number of aromatic amines is 1. The quantitative estimate of drug-likeness (QED) is 0.621. The van der Waals surface area contributed by atoms with Crippen molar-refractivity contribution in [3.8, 4) is 0 Å². The van der Waals surface area contributed by atoms with Crippen LogP contribution in [0.5, 0.6) is 0 Å². The lowest BCUT2D eigenvalue weighted by Crippen LogP contribution is -2.35. The van der Waals surface area contributed by atoms with Gasteiger partial charge >= 0.3 is 5.69 Å². The van der Waals surface area contributed by atoms with Gasteiger partial charge in [0.05, 0.1) is 13.2 Å². The first-order valence-corrected chi connectivity index (χ1v) is 8.86. The van der Waals surface area contributed by atoms with Crippen LogP contribution in [0.15, 0.2) is 76.4 Å². The summed E-state index contributed by atoms with van der Waals surface area (Å²) in [5.41, 5.74) is 1.96. The molecule has 0 saturated heterocycles. The topological polar surface area (TPSA) is 93.2 Å². The summed E-state index contributed by atoms with van der Waals surface area (Å²) in [6.45, 7) is 1.19. The summed E-state index contributed by atoms with van der Waals surface area (Å²) in [6, 6.07) is 18.9. The summed E-state index contributed by atoms with van der Waals surface area (Å²) >= 11 is 0. The number of carbonyl (C=O) groups excluding carboxylic acids is 1. The van der Waals surface area contributed by atoms with Gasteiger partial charge < -0.3 is 10.1 Å². The number of ether oxygens (including phenoxy) is 1. The Hall–Kier alpha value is -3.45. The number of benzene rings is 2. The Labute approximate surface area is 161 Å². The fraction of sp³-hybridized carbons (Fsp3) is 0.190. The predicted molar refractivity (Wildman–Crippen MR) is 105 cm³/mol. The highest BCUT2D eigenvalue weighted by atomic mass is 16.5. The molecule has 2 aromatic carbocycles. The number of carbonyl (C=O) groups is 1. The number of nitrogens with zero attached hydrogens (tertiary/aromatic N) is 1. The Morgan fingerprint density at radius 1 is 0.929 bits per heavy atom. The lowest BCUT2D eigenvalue weighted by atomic mass is 10.1. The smallest absolute Gasteiger partial charge is 0.328 e. The molecule has 0 atom stereocenters. The first kappa shape index (κ1) is 19.3. The van der Waals surface area contributed by atoms with E-state index in [0.717, 1.165) is 21.3 Å². The molecule has 0 bridgehead atoms. The molecular formula is C21H21N3O4. The van der Waals surface area contributed by atoms with E-state index in [0.29, 0.717) is 19.8 Å². The number of H-pyrrole nitrogens is 1. The summed E-state index contributed by atoms with van der Waals surface area (Å²) in [5, 5.41) is 2.77. The van der Waals surface area contributed by atoms with E-state index >= 15 is 0 Å². The zero-order chi connectivity index (χ0) is 19.8. The van der Waals surface area contributed by atoms with Crippen LogP contribution in [0.3, 0.4) is 0 Å². The summed E-state index contributed by atoms with van der Waals surface area (Å²) in [6.07, 6.45) is 1.30. The van der Waals surface area contributed by atoms with Gasteiger partial charge in [0.1, 0.15) is 6.54 Å². The summed E-state index contributed by atoms with van der Waals surface area (Å²) in [7, 11) is 0. The lowest BCUT2D eigenvalue weighted by Gasteiger charge is -2.09. The van der Waals surface area contributed by atoms with Gasteiger partial charge in [0.2, 0.25) is 5.91 Å². The number of nitrogens with one attached hydrogen (secondary N) is 2. The first-order valence-electron chi connectivity index (χ1n) is 8.86. The van der Waals surface area contributed by atoms with Crippen molar-refractivity contribution in [1.29, 1.82) is 0 Å². The Bertz CT molecular complexity index is 1040. The SMILES string of the molecule is O=C(Cn1ccc(=O)[nH]c1=O)NCc1cccc(COCc2ccccc2)c1. The second kappa shape index (κ2) is 9.48. The maximum Gasteiger partial charge on any atom is 0.328 e. The molecule has 0 unspecified atom stereocenters. The average Bonchev–Trinajstić information content (AvgIpc) is 2.70. The molecule has 28 heavy (non-hydrogen) atoms. The summed E-state index contributed by atoms with van der Waals surface area (Å²) in [4.78, 5) is 36.8. The van der Waals surface area contributed by atoms with E-state index in [2.05, 4.69) is 10.3 Å². The minimum absolute atomic E-state index is 0.157. The number of hydrogen-bond acceptors (Lipinski definition) is 4. The highest BCUT2D eigenvalue weighted by Gasteiger charge is 2.05. The normalized spacial score (nSPS) is 10.6. The van der Waals surface area contributed by atoms with E-state index in [1.807, 2.05) is 54.6 Å². The minimum Gasteiger partial charge on any atom is -0.372 e. The van der Waals surface area contributed by atoms with Gasteiger partial charge in [0, 0.05) is 18.8 Å². The number of rotatable bonds is 8. The second-order valence-electron chi connectivity index (χ2n) is 6.31. The van der Waals surface area contributed by atoms with Crippen molar-refractivity contribution in [3.05, 3.63) is 104 Å². The first-order chi connectivity index (χ1) is 13.6. The molecule has 1 amide bonds. The van der Waals surface area contributed by atoms with Gasteiger partial charge in [-0.15, -0.1) is 0 Å². The maximum atomic E-state index is 12.0. The van der Waals surface area contributed by atoms with Crippen LogP contribution in [0, 0.1) is 0 Å². The van der Waals surface area contributed by atoms with Gasteiger partial charge in [-0.1, -0.05) is 54.6 Å². The van der Waals surface area contributed by atoms with Crippen molar-refractivity contribution in [1.82, 2.24) is 14.9 Å². The molecule has 3 aromatic rings. The van der Waals surface area contributed by atoms with E-state index in [1.165, 1.54) is 12.3 Å². The van der Waals surface area contributed by atoms with Gasteiger partial charge in [-0.3, -0.25) is 19.1 Å². The van der Waals surface area contributed by atoms with Gasteiger partial charge in [-0.2, -0.15) is 0 Å². The van der Waals surface area contributed by atoms with Crippen molar-refractivity contribution in [3.63, 3.8) is 0 Å². The molecular weight excluding hydrogens is 358 g/mol. The Morgan fingerprint density at radius 2 is 1.64 bits per heavy atom. The van der Waals surface area contributed by atoms with Crippen LogP contribution in [0.25, 0.3) is 0 Å². The van der Waals surface area contributed by atoms with Crippen LogP contribution in [0.1, 0.15) is 16.7 Å². The highest BCUT2D eigenvalue weighted by molar-refractivity contribution is 5.75. The highest BCUT2D eigenvalue weighted by Crippen LogP contribution is 2.09. The van der Waals surface area contributed by atoms with Crippen LogP contribution in [-0.4, -0.2) is 15.5 Å². The summed E-state index contributed by atoms with van der Waals surface area (Å²) < 4.78 is 6.88. The Kier molecular flexibility index (Phi) is 6.54. The third-order valence-corrected chi connectivity index (χ3v) is 4.07. The molecule has 0 fully saturated rings. The van der Waals surface area contributed by atoms with E-state index in [-0.39, 0.29) is 12.5 Å². The molecule has 7 nitrogen and oxygen atoms in total. The minimum atomic E-state index is -0.611. The largest absolute Gasteiger partial charge is 0.372 e. The molecule has 0 aliphatic heterocycles. The van der Waals surface area contributed by atoms with Gasteiger partial charge in [0.15, 0.2) is 0 Å². The van der Waals surface area contributed by atoms with Gasteiger partial charge in [-0.25, -0.2) is 4.79 Å². The Balaban J connectivity index is 1.49. The van der Waals surface area contributed by atoms with Crippen LogP contribution in [0.2, 0.25) is 0 Å². The second-order valence-corrected chi connectivity index (χ2v) is 6.31. The fourth-order valence-corrected chi connectivity index (χ4v) is 2.67. The van der Waals surface area contributed by atoms with Crippen molar-refractivity contribution in [2.75, 3.05) is 0 Å². The molecule has 1 heterocycles. The molecule has 1 aromatic heterocycles. The van der Waals surface area contributed by atoms with Crippen LogP contribution in [0.4, 0.5) is 0 Å². The van der Waals surface area contributed by atoms with Crippen molar-refractivity contribution >= 4 is 5.91 Å². The number of amides is 1. The molecule has 3 rings (SSSR count). The van der Waals surface area contributed by atoms with E-state index < -0.39 is 11.2 Å². The van der Waals surface area contributed by atoms with Crippen molar-refractivity contribution in [2.24, 2.45) is 0 Å². The molecule has 2 N–H and O–H groups in total. The zero-order valence-corrected chi connectivity index (χ0v) is 15.3.